The lowest BCUT2D eigenvalue weighted by Crippen LogP contribution is -2.10. The van der Waals surface area contributed by atoms with E-state index in [0.717, 1.165) is 0 Å². The molecule has 1 aromatic carbocycles. The number of fused-ring (bicyclic) bond motifs is 1. The van der Waals surface area contributed by atoms with Crippen LogP contribution in [-0.4, -0.2) is 17.3 Å². The summed E-state index contributed by atoms with van der Waals surface area (Å²) in [5, 5.41) is 7.28. The molecule has 0 saturated heterocycles. The smallest absolute Gasteiger partial charge is 0.221 e. The van der Waals surface area contributed by atoms with Crippen molar-refractivity contribution >= 4 is 33.5 Å². The summed E-state index contributed by atoms with van der Waals surface area (Å²) < 4.78 is 5.54. The number of nitrogens with zero attached hydrogens (tertiary/aromatic N) is 1. The van der Waals surface area contributed by atoms with Gasteiger partial charge < -0.3 is 4.74 Å². The second-order valence-corrected chi connectivity index (χ2v) is 3.75. The predicted octanol–water partition coefficient (Wildman–Crippen LogP) is 1.54. The fourth-order valence-electron chi connectivity index (χ4n) is 1.27. The van der Waals surface area contributed by atoms with Gasteiger partial charge >= 0.3 is 0 Å². The van der Waals surface area contributed by atoms with Crippen LogP contribution in [-0.2, 0) is 0 Å². The van der Waals surface area contributed by atoms with E-state index in [1.165, 1.54) is 0 Å². The molecule has 4 nitrogen and oxygen atoms in total. The molecule has 0 saturated carbocycles. The molecule has 0 fully saturated rings. The van der Waals surface area contributed by atoms with Crippen LogP contribution in [0.4, 0.5) is 0 Å². The van der Waals surface area contributed by atoms with Gasteiger partial charge in [-0.25, -0.2) is 0 Å². The second kappa shape index (κ2) is 3.56. The van der Waals surface area contributed by atoms with Crippen molar-refractivity contribution in [3.8, 4) is 5.75 Å². The number of ether oxygens (including phenoxy) is 1. The van der Waals surface area contributed by atoms with Crippen molar-refractivity contribution in [2.45, 2.75) is 0 Å². The zero-order valence-electron chi connectivity index (χ0n) is 7.37. The van der Waals surface area contributed by atoms with Gasteiger partial charge in [0.15, 0.2) is 3.70 Å². The van der Waals surface area contributed by atoms with E-state index in [2.05, 4.69) is 10.2 Å². The molecule has 1 heterocycles. The van der Waals surface area contributed by atoms with E-state index in [1.54, 1.807) is 25.3 Å². The fourth-order valence-corrected chi connectivity index (χ4v) is 1.68. The number of benzene rings is 1. The maximum Gasteiger partial charge on any atom is 0.221 e. The quantitative estimate of drug-likeness (QED) is 0.813. The summed E-state index contributed by atoms with van der Waals surface area (Å²) in [6.45, 7) is 0. The molecule has 0 aliphatic carbocycles. The van der Waals surface area contributed by atoms with E-state index < -0.39 is 0 Å². The minimum Gasteiger partial charge on any atom is -0.494 e. The molecule has 1 N–H and O–H groups in total. The van der Waals surface area contributed by atoms with Crippen LogP contribution in [0, 0.1) is 3.70 Å². The first-order valence-electron chi connectivity index (χ1n) is 3.95. The fraction of sp³-hybridized carbons (Fsp3) is 0.111. The Morgan fingerprint density at radius 2 is 2.29 bits per heavy atom. The number of nitrogens with one attached hydrogen (secondary N) is 1. The number of methoxy groups -OCH3 is 1. The highest BCUT2D eigenvalue weighted by Crippen LogP contribution is 2.20. The number of H-pyrrole nitrogens is 1. The van der Waals surface area contributed by atoms with Crippen LogP contribution < -0.4 is 10.2 Å². The first kappa shape index (κ1) is 9.45. The Bertz CT molecular complexity index is 536. The third-order valence-electron chi connectivity index (χ3n) is 1.94. The third-order valence-corrected chi connectivity index (χ3v) is 2.68. The lowest BCUT2D eigenvalue weighted by Gasteiger charge is -2.03. The Morgan fingerprint density at radius 3 is 3.00 bits per heavy atom. The number of aromatic amines is 1. The second-order valence-electron chi connectivity index (χ2n) is 2.73. The van der Waals surface area contributed by atoms with Gasteiger partial charge in [-0.2, -0.15) is 5.10 Å². The number of hydrogen-bond acceptors (Lipinski definition) is 3. The molecule has 0 amide bonds. The summed E-state index contributed by atoms with van der Waals surface area (Å²) >= 11 is 1.90. The van der Waals surface area contributed by atoms with Crippen molar-refractivity contribution in [1.29, 1.82) is 0 Å². The number of halogens is 1. The molecule has 0 radical (unpaired) electrons. The Morgan fingerprint density at radius 1 is 1.50 bits per heavy atom. The summed E-state index contributed by atoms with van der Waals surface area (Å²) in [5.74, 6) is 0.628. The molecule has 0 aliphatic heterocycles. The van der Waals surface area contributed by atoms with Gasteiger partial charge in [0.1, 0.15) is 11.3 Å². The van der Waals surface area contributed by atoms with Gasteiger partial charge in [0.05, 0.1) is 12.5 Å². The van der Waals surface area contributed by atoms with Crippen molar-refractivity contribution in [2.75, 3.05) is 7.11 Å². The normalized spacial score (nSPS) is 10.4. The van der Waals surface area contributed by atoms with Crippen LogP contribution in [0.3, 0.4) is 0 Å². The number of rotatable bonds is 1. The molecule has 0 atom stereocenters. The lowest BCUT2D eigenvalue weighted by atomic mass is 10.2. The van der Waals surface area contributed by atoms with Crippen LogP contribution >= 0.6 is 22.6 Å². The molecule has 0 spiro atoms. The summed E-state index contributed by atoms with van der Waals surface area (Å²) in [6.07, 6.45) is 0. The minimum absolute atomic E-state index is 0.0711. The van der Waals surface area contributed by atoms with E-state index in [4.69, 9.17) is 4.74 Å². The zero-order chi connectivity index (χ0) is 10.1. The highest BCUT2D eigenvalue weighted by Gasteiger charge is 2.07. The third kappa shape index (κ3) is 1.37. The van der Waals surface area contributed by atoms with Crippen molar-refractivity contribution in [1.82, 2.24) is 10.2 Å². The Hall–Kier alpha value is -1.11. The van der Waals surface area contributed by atoms with Crippen molar-refractivity contribution in [3.63, 3.8) is 0 Å². The van der Waals surface area contributed by atoms with Crippen molar-refractivity contribution in [2.24, 2.45) is 0 Å². The summed E-state index contributed by atoms with van der Waals surface area (Å²) in [4.78, 5) is 11.7. The van der Waals surface area contributed by atoms with E-state index in [9.17, 15) is 4.79 Å². The van der Waals surface area contributed by atoms with E-state index >= 15 is 0 Å². The highest BCUT2D eigenvalue weighted by atomic mass is 127. The average Bonchev–Trinajstić information content (AvgIpc) is 2.23. The van der Waals surface area contributed by atoms with Crippen LogP contribution in [0.15, 0.2) is 23.0 Å². The largest absolute Gasteiger partial charge is 0.494 e. The molecule has 2 rings (SSSR count). The van der Waals surface area contributed by atoms with Gasteiger partial charge in [0.25, 0.3) is 0 Å². The Balaban J connectivity index is 2.93. The van der Waals surface area contributed by atoms with Crippen molar-refractivity contribution < 1.29 is 4.74 Å². The van der Waals surface area contributed by atoms with E-state index in [-0.39, 0.29) is 5.43 Å². The molecule has 2 aromatic rings. The zero-order valence-corrected chi connectivity index (χ0v) is 9.53. The summed E-state index contributed by atoms with van der Waals surface area (Å²) in [7, 11) is 1.56. The van der Waals surface area contributed by atoms with E-state index in [0.29, 0.717) is 20.4 Å². The molecular weight excluding hydrogens is 295 g/mol. The molecular formula is C9H7IN2O2. The first-order chi connectivity index (χ1) is 6.74. The van der Waals surface area contributed by atoms with Gasteiger partial charge in [0, 0.05) is 0 Å². The summed E-state index contributed by atoms with van der Waals surface area (Å²) in [6, 6.07) is 5.32. The molecule has 72 valence electrons. The molecule has 14 heavy (non-hydrogen) atoms. The average molecular weight is 302 g/mol. The molecule has 0 unspecified atom stereocenters. The summed E-state index contributed by atoms with van der Waals surface area (Å²) in [5.41, 5.74) is 0.568. The van der Waals surface area contributed by atoms with Crippen molar-refractivity contribution in [3.05, 3.63) is 32.1 Å². The molecule has 0 aliphatic rings. The SMILES string of the molecule is COc1cccc2c(=O)c(I)n[nH]c12. The topological polar surface area (TPSA) is 55.0 Å². The number of aromatic nitrogens is 2. The lowest BCUT2D eigenvalue weighted by molar-refractivity contribution is 0.418. The van der Waals surface area contributed by atoms with Gasteiger partial charge in [-0.05, 0) is 34.7 Å². The van der Waals surface area contributed by atoms with Crippen LogP contribution in [0.1, 0.15) is 0 Å². The molecule has 1 aromatic heterocycles. The van der Waals surface area contributed by atoms with Crippen LogP contribution in [0.2, 0.25) is 0 Å². The number of hydrogen-bond donors (Lipinski definition) is 1. The standard InChI is InChI=1S/C9H7IN2O2/c1-14-6-4-2-3-5-7(6)11-12-9(10)8(5)13/h2-4H,1H3,(H,11,13). The Labute approximate surface area is 93.4 Å². The predicted molar refractivity (Wildman–Crippen MR) is 61.6 cm³/mol. The Kier molecular flexibility index (Phi) is 2.40. The van der Waals surface area contributed by atoms with Gasteiger partial charge in [0.2, 0.25) is 5.43 Å². The van der Waals surface area contributed by atoms with Gasteiger partial charge in [-0.15, -0.1) is 0 Å². The minimum atomic E-state index is -0.0711. The maximum atomic E-state index is 11.7. The van der Waals surface area contributed by atoms with Crippen LogP contribution in [0.5, 0.6) is 5.75 Å². The van der Waals surface area contributed by atoms with Crippen LogP contribution in [0.25, 0.3) is 10.9 Å². The molecule has 5 heteroatoms. The number of para-hydroxylation sites is 1. The monoisotopic (exact) mass is 302 g/mol. The van der Waals surface area contributed by atoms with Gasteiger partial charge in [-0.3, -0.25) is 9.89 Å². The first-order valence-corrected chi connectivity index (χ1v) is 5.03. The highest BCUT2D eigenvalue weighted by molar-refractivity contribution is 14.1. The van der Waals surface area contributed by atoms with Gasteiger partial charge in [-0.1, -0.05) is 6.07 Å². The van der Waals surface area contributed by atoms with E-state index in [1.807, 2.05) is 22.6 Å². The maximum absolute atomic E-state index is 11.7. The molecule has 0 bridgehead atoms.